The molecular weight excluding hydrogens is 381 g/mol. The summed E-state index contributed by atoms with van der Waals surface area (Å²) in [5, 5.41) is 10.5. The fourth-order valence-electron chi connectivity index (χ4n) is 2.75. The highest BCUT2D eigenvalue weighted by atomic mass is 32.1. The lowest BCUT2D eigenvalue weighted by Crippen LogP contribution is -2.50. The minimum atomic E-state index is -4.40. The molecule has 0 aromatic carbocycles. The van der Waals surface area contributed by atoms with Crippen molar-refractivity contribution in [2.45, 2.75) is 31.5 Å². The second-order valence-corrected chi connectivity index (χ2v) is 7.18. The molecule has 1 fully saturated rings. The Morgan fingerprint density at radius 3 is 2.67 bits per heavy atom. The minimum absolute atomic E-state index is 0.00903. The summed E-state index contributed by atoms with van der Waals surface area (Å²) in [7, 11) is 3.28. The number of hydrogen-bond acceptors (Lipinski definition) is 5. The van der Waals surface area contributed by atoms with Gasteiger partial charge in [0, 0.05) is 51.6 Å². The summed E-state index contributed by atoms with van der Waals surface area (Å²) < 4.78 is 37.7. The molecule has 27 heavy (non-hydrogen) atoms. The summed E-state index contributed by atoms with van der Waals surface area (Å²) in [6.45, 7) is 2.49. The fourth-order valence-corrected chi connectivity index (χ4v) is 3.55. The van der Waals surface area contributed by atoms with Gasteiger partial charge in [-0.25, -0.2) is 4.98 Å². The quantitative estimate of drug-likeness (QED) is 0.487. The molecule has 3 N–H and O–H groups in total. The van der Waals surface area contributed by atoms with E-state index in [-0.39, 0.29) is 11.9 Å². The van der Waals surface area contributed by atoms with Crippen LogP contribution in [0.3, 0.4) is 0 Å². The van der Waals surface area contributed by atoms with E-state index in [9.17, 15) is 18.0 Å². The summed E-state index contributed by atoms with van der Waals surface area (Å²) in [5.74, 6) is 0.627. The zero-order valence-electron chi connectivity index (χ0n) is 15.4. The van der Waals surface area contributed by atoms with Crippen molar-refractivity contribution in [3.63, 3.8) is 0 Å². The van der Waals surface area contributed by atoms with Crippen LogP contribution in [0.1, 0.15) is 23.5 Å². The molecule has 0 bridgehead atoms. The van der Waals surface area contributed by atoms with Crippen molar-refractivity contribution in [1.82, 2.24) is 25.8 Å². The van der Waals surface area contributed by atoms with E-state index in [2.05, 4.69) is 30.8 Å². The first kappa shape index (κ1) is 21.4. The monoisotopic (exact) mass is 406 g/mol. The van der Waals surface area contributed by atoms with E-state index in [0.29, 0.717) is 30.5 Å². The number of hydrogen-bond donors (Lipinski definition) is 3. The Hall–Kier alpha value is -1.88. The van der Waals surface area contributed by atoms with E-state index in [0.717, 1.165) is 42.6 Å². The van der Waals surface area contributed by atoms with Crippen molar-refractivity contribution >= 4 is 23.2 Å². The standard InChI is InChI=1S/C16H25F3N6OS/c1-20-13(26)9-25-7-4-11(5-8-25)23-15(21-2)22-6-3-14-24-12(10-27-14)16(17,18)19/h10-11H,3-9H2,1-2H3,(H,20,26)(H2,21,22,23). The summed E-state index contributed by atoms with van der Waals surface area (Å²) in [4.78, 5) is 21.3. The first-order chi connectivity index (χ1) is 12.8. The molecule has 1 aromatic heterocycles. The molecule has 2 heterocycles. The number of aromatic nitrogens is 1. The first-order valence-corrected chi connectivity index (χ1v) is 9.61. The number of likely N-dealkylation sites (N-methyl/N-ethyl adjacent to an activating group) is 1. The highest BCUT2D eigenvalue weighted by Gasteiger charge is 2.33. The Balaban J connectivity index is 1.70. The predicted molar refractivity (Wildman–Crippen MR) is 98.8 cm³/mol. The van der Waals surface area contributed by atoms with Gasteiger partial charge in [-0.05, 0) is 12.8 Å². The lowest BCUT2D eigenvalue weighted by atomic mass is 10.1. The molecule has 0 aliphatic carbocycles. The molecule has 1 saturated heterocycles. The second-order valence-electron chi connectivity index (χ2n) is 6.24. The lowest BCUT2D eigenvalue weighted by molar-refractivity contribution is -0.140. The Kier molecular flexibility index (Phi) is 7.84. The number of amides is 1. The van der Waals surface area contributed by atoms with Crippen LogP contribution < -0.4 is 16.0 Å². The van der Waals surface area contributed by atoms with Gasteiger partial charge in [0.1, 0.15) is 0 Å². The molecule has 1 aromatic rings. The van der Waals surface area contributed by atoms with Crippen LogP contribution in [0.2, 0.25) is 0 Å². The van der Waals surface area contributed by atoms with Crippen molar-refractivity contribution < 1.29 is 18.0 Å². The molecule has 2 rings (SSSR count). The average molecular weight is 406 g/mol. The molecule has 152 valence electrons. The minimum Gasteiger partial charge on any atom is -0.358 e. The van der Waals surface area contributed by atoms with Crippen LogP contribution in [-0.4, -0.2) is 68.1 Å². The number of carbonyl (C=O) groups is 1. The van der Waals surface area contributed by atoms with Crippen LogP contribution in [-0.2, 0) is 17.4 Å². The number of guanidine groups is 1. The van der Waals surface area contributed by atoms with E-state index >= 15 is 0 Å². The Bertz CT molecular complexity index is 640. The van der Waals surface area contributed by atoms with Gasteiger partial charge in [0.25, 0.3) is 0 Å². The van der Waals surface area contributed by atoms with Crippen molar-refractivity contribution in [3.8, 4) is 0 Å². The number of likely N-dealkylation sites (tertiary alicyclic amines) is 1. The van der Waals surface area contributed by atoms with E-state index in [1.165, 1.54) is 0 Å². The summed E-state index contributed by atoms with van der Waals surface area (Å²) in [6, 6.07) is 0.244. The predicted octanol–water partition coefficient (Wildman–Crippen LogP) is 1.08. The molecule has 0 saturated carbocycles. The third-order valence-electron chi connectivity index (χ3n) is 4.27. The van der Waals surface area contributed by atoms with Crippen molar-refractivity contribution in [3.05, 3.63) is 16.1 Å². The van der Waals surface area contributed by atoms with Crippen LogP contribution in [0.4, 0.5) is 13.2 Å². The molecule has 1 aliphatic heterocycles. The molecule has 11 heteroatoms. The van der Waals surface area contributed by atoms with Crippen LogP contribution in [0.25, 0.3) is 0 Å². The zero-order valence-corrected chi connectivity index (χ0v) is 16.2. The Morgan fingerprint density at radius 2 is 2.11 bits per heavy atom. The summed E-state index contributed by atoms with van der Waals surface area (Å²) in [6.07, 6.45) is -2.23. The van der Waals surface area contributed by atoms with Crippen molar-refractivity contribution in [1.29, 1.82) is 0 Å². The van der Waals surface area contributed by atoms with Gasteiger partial charge in [0.05, 0.1) is 11.6 Å². The SMILES string of the molecule is CN=C(NCCc1nc(C(F)(F)F)cs1)NC1CCN(CC(=O)NC)CC1. The molecule has 0 spiro atoms. The van der Waals surface area contributed by atoms with Crippen LogP contribution in [0.15, 0.2) is 10.4 Å². The Morgan fingerprint density at radius 1 is 1.41 bits per heavy atom. The third kappa shape index (κ3) is 6.98. The molecule has 0 unspecified atom stereocenters. The van der Waals surface area contributed by atoms with E-state index in [4.69, 9.17) is 0 Å². The fraction of sp³-hybridized carbons (Fsp3) is 0.688. The smallest absolute Gasteiger partial charge is 0.358 e. The van der Waals surface area contributed by atoms with Crippen molar-refractivity contribution in [2.24, 2.45) is 4.99 Å². The average Bonchev–Trinajstić information content (AvgIpc) is 3.11. The van der Waals surface area contributed by atoms with Crippen LogP contribution >= 0.6 is 11.3 Å². The molecule has 0 atom stereocenters. The van der Waals surface area contributed by atoms with Crippen LogP contribution in [0, 0.1) is 0 Å². The number of carbonyl (C=O) groups excluding carboxylic acids is 1. The third-order valence-corrected chi connectivity index (χ3v) is 5.18. The van der Waals surface area contributed by atoms with Gasteiger partial charge < -0.3 is 16.0 Å². The summed E-state index contributed by atoms with van der Waals surface area (Å²) >= 11 is 1.01. The van der Waals surface area contributed by atoms with E-state index in [1.54, 1.807) is 14.1 Å². The molecule has 1 aliphatic rings. The molecule has 7 nitrogen and oxygen atoms in total. The number of thiazole rings is 1. The maximum Gasteiger partial charge on any atom is 0.434 e. The number of piperidine rings is 1. The topological polar surface area (TPSA) is 81.7 Å². The van der Waals surface area contributed by atoms with E-state index < -0.39 is 11.9 Å². The first-order valence-electron chi connectivity index (χ1n) is 8.73. The largest absolute Gasteiger partial charge is 0.434 e. The zero-order chi connectivity index (χ0) is 19.9. The highest BCUT2D eigenvalue weighted by Crippen LogP contribution is 2.29. The Labute approximate surface area is 160 Å². The van der Waals surface area contributed by atoms with Gasteiger partial charge in [-0.2, -0.15) is 13.2 Å². The van der Waals surface area contributed by atoms with Gasteiger partial charge in [-0.3, -0.25) is 14.7 Å². The number of halogens is 3. The van der Waals surface area contributed by atoms with Gasteiger partial charge in [0.2, 0.25) is 5.91 Å². The highest BCUT2D eigenvalue weighted by molar-refractivity contribution is 7.09. The normalized spacial score (nSPS) is 17.0. The van der Waals surface area contributed by atoms with Crippen molar-refractivity contribution in [2.75, 3.05) is 40.3 Å². The van der Waals surface area contributed by atoms with Crippen LogP contribution in [0.5, 0.6) is 0 Å². The van der Waals surface area contributed by atoms with E-state index in [1.807, 2.05) is 0 Å². The maximum atomic E-state index is 12.6. The van der Waals surface area contributed by atoms with Gasteiger partial charge in [0.15, 0.2) is 11.7 Å². The number of rotatable bonds is 6. The maximum absolute atomic E-state index is 12.6. The number of nitrogens with zero attached hydrogens (tertiary/aromatic N) is 3. The molecule has 1 amide bonds. The molecular formula is C16H25F3N6OS. The number of aliphatic imine (C=N–C) groups is 1. The second kappa shape index (κ2) is 9.88. The van der Waals surface area contributed by atoms with Gasteiger partial charge >= 0.3 is 6.18 Å². The van der Waals surface area contributed by atoms with Gasteiger partial charge in [-0.1, -0.05) is 0 Å². The molecule has 0 radical (unpaired) electrons. The van der Waals surface area contributed by atoms with Gasteiger partial charge in [-0.15, -0.1) is 11.3 Å². The summed E-state index contributed by atoms with van der Waals surface area (Å²) in [5.41, 5.74) is -0.839. The number of alkyl halides is 3. The lowest BCUT2D eigenvalue weighted by Gasteiger charge is -2.32. The number of nitrogens with one attached hydrogen (secondary N) is 3.